The van der Waals surface area contributed by atoms with Crippen molar-refractivity contribution < 1.29 is 9.18 Å². The average Bonchev–Trinajstić information content (AvgIpc) is 3.51. The predicted octanol–water partition coefficient (Wildman–Crippen LogP) is 3.52. The topological polar surface area (TPSA) is 92.6 Å². The number of hydrogen-bond acceptors (Lipinski definition) is 5. The summed E-state index contributed by atoms with van der Waals surface area (Å²) in [6.07, 6.45) is 3.49. The molecule has 1 amide bonds. The quantitative estimate of drug-likeness (QED) is 0.534. The number of nitrogens with one attached hydrogen (secondary N) is 1. The Morgan fingerprint density at radius 2 is 1.91 bits per heavy atom. The van der Waals surface area contributed by atoms with Gasteiger partial charge in [0.1, 0.15) is 11.5 Å². The molecule has 0 spiro atoms. The third-order valence-corrected chi connectivity index (χ3v) is 5.80. The zero-order valence-corrected chi connectivity index (χ0v) is 17.6. The highest BCUT2D eigenvalue weighted by Gasteiger charge is 2.30. The zero-order chi connectivity index (χ0) is 22.1. The minimum atomic E-state index is -0.322. The van der Waals surface area contributed by atoms with Crippen LogP contribution >= 0.6 is 0 Å². The zero-order valence-electron chi connectivity index (χ0n) is 17.6. The second-order valence-electron chi connectivity index (χ2n) is 8.04. The Morgan fingerprint density at radius 3 is 2.62 bits per heavy atom. The van der Waals surface area contributed by atoms with Gasteiger partial charge in [0.2, 0.25) is 0 Å². The molecule has 2 aromatic heterocycles. The van der Waals surface area contributed by atoms with Crippen LogP contribution in [0.25, 0.3) is 16.9 Å². The maximum atomic E-state index is 13.6. The van der Waals surface area contributed by atoms with E-state index in [0.717, 1.165) is 24.0 Å². The van der Waals surface area contributed by atoms with Crippen molar-refractivity contribution in [1.82, 2.24) is 35.3 Å². The van der Waals surface area contributed by atoms with Gasteiger partial charge in [0, 0.05) is 30.8 Å². The van der Waals surface area contributed by atoms with E-state index in [1.54, 1.807) is 23.0 Å². The van der Waals surface area contributed by atoms with Crippen LogP contribution in [0.4, 0.5) is 4.39 Å². The van der Waals surface area contributed by atoms with E-state index in [2.05, 4.69) is 20.6 Å². The molecule has 1 N–H and O–H groups in total. The summed E-state index contributed by atoms with van der Waals surface area (Å²) >= 11 is 0. The predicted molar refractivity (Wildman–Crippen MR) is 116 cm³/mol. The normalized spacial score (nSPS) is 16.3. The number of carbonyl (C=O) groups is 1. The van der Waals surface area contributed by atoms with Crippen LogP contribution in [0.1, 0.15) is 40.5 Å². The van der Waals surface area contributed by atoms with Gasteiger partial charge in [-0.05, 0) is 44.0 Å². The highest BCUT2D eigenvalue weighted by molar-refractivity contribution is 6.00. The maximum Gasteiger partial charge on any atom is 0.257 e. The number of hydrogen-bond donors (Lipinski definition) is 1. The van der Waals surface area contributed by atoms with E-state index < -0.39 is 0 Å². The first-order valence-electron chi connectivity index (χ1n) is 10.5. The molecule has 0 bridgehead atoms. The van der Waals surface area contributed by atoms with Gasteiger partial charge in [-0.25, -0.2) is 9.07 Å². The summed E-state index contributed by atoms with van der Waals surface area (Å²) in [6, 6.07) is 13.9. The van der Waals surface area contributed by atoms with E-state index in [0.29, 0.717) is 35.9 Å². The molecule has 1 aliphatic heterocycles. The number of benzene rings is 2. The Balaban J connectivity index is 1.51. The lowest BCUT2D eigenvalue weighted by atomic mass is 9.96. The van der Waals surface area contributed by atoms with E-state index in [1.807, 2.05) is 36.1 Å². The van der Waals surface area contributed by atoms with Crippen LogP contribution in [0.3, 0.4) is 0 Å². The Kier molecular flexibility index (Phi) is 5.22. The number of halogens is 1. The van der Waals surface area contributed by atoms with Crippen LogP contribution in [0.15, 0.2) is 54.7 Å². The molecule has 0 saturated carbocycles. The van der Waals surface area contributed by atoms with Crippen molar-refractivity contribution in [3.63, 3.8) is 0 Å². The third-order valence-electron chi connectivity index (χ3n) is 5.80. The third kappa shape index (κ3) is 3.89. The van der Waals surface area contributed by atoms with E-state index in [4.69, 9.17) is 5.10 Å². The molecular formula is C23H22FN7O. The van der Waals surface area contributed by atoms with Gasteiger partial charge >= 0.3 is 0 Å². The molecule has 1 saturated heterocycles. The molecule has 4 aromatic rings. The lowest BCUT2D eigenvalue weighted by Crippen LogP contribution is -2.39. The van der Waals surface area contributed by atoms with E-state index in [1.165, 1.54) is 12.1 Å². The van der Waals surface area contributed by atoms with E-state index >= 15 is 0 Å². The van der Waals surface area contributed by atoms with E-state index in [-0.39, 0.29) is 17.6 Å². The molecular weight excluding hydrogens is 409 g/mol. The second kappa shape index (κ2) is 8.33. The number of rotatable bonds is 4. The molecule has 162 valence electrons. The molecule has 8 nitrogen and oxygen atoms in total. The molecule has 3 heterocycles. The summed E-state index contributed by atoms with van der Waals surface area (Å²) in [5, 5.41) is 19.0. The minimum absolute atomic E-state index is 0.0430. The van der Waals surface area contributed by atoms with Gasteiger partial charge in [0.25, 0.3) is 5.91 Å². The molecule has 2 aromatic carbocycles. The molecule has 0 aliphatic carbocycles. The van der Waals surface area contributed by atoms with Gasteiger partial charge in [0.15, 0.2) is 5.82 Å². The van der Waals surface area contributed by atoms with Gasteiger partial charge in [-0.1, -0.05) is 35.0 Å². The average molecular weight is 431 g/mol. The number of piperidine rings is 1. The van der Waals surface area contributed by atoms with Gasteiger partial charge in [-0.3, -0.25) is 4.79 Å². The van der Waals surface area contributed by atoms with Crippen molar-refractivity contribution >= 4 is 5.91 Å². The van der Waals surface area contributed by atoms with Crippen LogP contribution in [0.5, 0.6) is 0 Å². The van der Waals surface area contributed by atoms with Crippen molar-refractivity contribution in [2.45, 2.75) is 25.7 Å². The first-order valence-corrected chi connectivity index (χ1v) is 10.5. The number of aromatic amines is 1. The Bertz CT molecular complexity index is 1220. The summed E-state index contributed by atoms with van der Waals surface area (Å²) in [4.78, 5) is 15.5. The summed E-state index contributed by atoms with van der Waals surface area (Å²) in [5.41, 5.74) is 3.76. The summed E-state index contributed by atoms with van der Waals surface area (Å²) < 4.78 is 15.0. The highest BCUT2D eigenvalue weighted by atomic mass is 19.1. The SMILES string of the molecule is Cc1ccc(-c2nn(-c3ccc(F)cc3)cc2C(=O)N2CCCC(c3nn[nH]n3)C2)cc1. The number of carbonyl (C=O) groups excluding carboxylic acids is 1. The summed E-state index contributed by atoms with van der Waals surface area (Å²) in [6.45, 7) is 3.19. The smallest absolute Gasteiger partial charge is 0.257 e. The number of H-pyrrole nitrogens is 1. The first-order chi connectivity index (χ1) is 15.6. The van der Waals surface area contributed by atoms with Crippen LogP contribution < -0.4 is 0 Å². The number of aromatic nitrogens is 6. The highest BCUT2D eigenvalue weighted by Crippen LogP contribution is 2.29. The lowest BCUT2D eigenvalue weighted by Gasteiger charge is -2.31. The first kappa shape index (κ1) is 20.0. The number of nitrogens with zero attached hydrogens (tertiary/aromatic N) is 6. The molecule has 1 fully saturated rings. The molecule has 32 heavy (non-hydrogen) atoms. The standard InChI is InChI=1S/C23H22FN7O/c1-15-4-6-16(7-5-15)21-20(14-31(27-21)19-10-8-18(24)9-11-19)23(32)30-12-2-3-17(13-30)22-25-28-29-26-22/h4-11,14,17H,2-3,12-13H2,1H3,(H,25,26,28,29). The van der Waals surface area contributed by atoms with E-state index in [9.17, 15) is 9.18 Å². The minimum Gasteiger partial charge on any atom is -0.338 e. The fourth-order valence-electron chi connectivity index (χ4n) is 4.07. The Labute approximate surface area is 184 Å². The summed E-state index contributed by atoms with van der Waals surface area (Å²) in [5.74, 6) is 0.253. The molecule has 1 atom stereocenters. The summed E-state index contributed by atoms with van der Waals surface area (Å²) in [7, 11) is 0. The molecule has 5 rings (SSSR count). The molecule has 0 radical (unpaired) electrons. The largest absolute Gasteiger partial charge is 0.338 e. The Morgan fingerprint density at radius 1 is 1.12 bits per heavy atom. The van der Waals surface area contributed by atoms with Crippen molar-refractivity contribution in [2.75, 3.05) is 13.1 Å². The van der Waals surface area contributed by atoms with Crippen molar-refractivity contribution in [1.29, 1.82) is 0 Å². The van der Waals surface area contributed by atoms with Gasteiger partial charge in [-0.15, -0.1) is 10.2 Å². The lowest BCUT2D eigenvalue weighted by molar-refractivity contribution is 0.0705. The number of aryl methyl sites for hydroxylation is 1. The van der Waals surface area contributed by atoms with Crippen molar-refractivity contribution in [3.05, 3.63) is 77.5 Å². The van der Waals surface area contributed by atoms with Crippen molar-refractivity contribution in [3.8, 4) is 16.9 Å². The van der Waals surface area contributed by atoms with Crippen LogP contribution in [0.2, 0.25) is 0 Å². The maximum absolute atomic E-state index is 13.6. The van der Waals surface area contributed by atoms with Gasteiger partial charge in [-0.2, -0.15) is 10.3 Å². The second-order valence-corrected chi connectivity index (χ2v) is 8.04. The number of amides is 1. The van der Waals surface area contributed by atoms with Gasteiger partial charge in [0.05, 0.1) is 11.3 Å². The number of likely N-dealkylation sites (tertiary alicyclic amines) is 1. The fourth-order valence-corrected chi connectivity index (χ4v) is 4.07. The fraction of sp³-hybridized carbons (Fsp3) is 0.261. The van der Waals surface area contributed by atoms with Crippen molar-refractivity contribution in [2.24, 2.45) is 0 Å². The van der Waals surface area contributed by atoms with Crippen LogP contribution in [0, 0.1) is 12.7 Å². The molecule has 1 aliphatic rings. The number of tetrazole rings is 1. The van der Waals surface area contributed by atoms with Crippen LogP contribution in [-0.2, 0) is 0 Å². The Hall–Kier alpha value is -3.88. The van der Waals surface area contributed by atoms with Crippen LogP contribution in [-0.4, -0.2) is 54.3 Å². The van der Waals surface area contributed by atoms with Gasteiger partial charge < -0.3 is 4.90 Å². The monoisotopic (exact) mass is 431 g/mol. The molecule has 1 unspecified atom stereocenters. The molecule has 9 heteroatoms.